The van der Waals surface area contributed by atoms with Crippen molar-refractivity contribution in [2.45, 2.75) is 6.92 Å². The summed E-state index contributed by atoms with van der Waals surface area (Å²) < 4.78 is 35.4. The molecule has 0 heterocycles. The van der Waals surface area contributed by atoms with Crippen LogP contribution in [0.3, 0.4) is 0 Å². The second-order valence-electron chi connectivity index (χ2n) is 7.42. The van der Waals surface area contributed by atoms with Gasteiger partial charge in [0.1, 0.15) is 22.6 Å². The van der Waals surface area contributed by atoms with Crippen LogP contribution in [0.25, 0.3) is 0 Å². The highest BCUT2D eigenvalue weighted by atomic mass is 16.6. The van der Waals surface area contributed by atoms with Gasteiger partial charge in [0.05, 0.1) is 35.5 Å². The van der Waals surface area contributed by atoms with E-state index in [0.717, 1.165) is 0 Å². The lowest BCUT2D eigenvalue weighted by Crippen LogP contribution is -2.14. The highest BCUT2D eigenvalue weighted by Gasteiger charge is 2.22. The molecule has 0 aliphatic carbocycles. The smallest absolute Gasteiger partial charge is 0.341 e. The second kappa shape index (κ2) is 16.1. The average Bonchev–Trinajstić information content (AvgIpc) is 2.92. The zero-order valence-corrected chi connectivity index (χ0v) is 22.7. The Hall–Kier alpha value is -5.02. The van der Waals surface area contributed by atoms with Gasteiger partial charge in [-0.15, -0.1) is 0 Å². The van der Waals surface area contributed by atoms with Gasteiger partial charge in [-0.25, -0.2) is 9.59 Å². The van der Waals surface area contributed by atoms with E-state index in [9.17, 15) is 34.9 Å². The Morgan fingerprint density at radius 1 is 0.725 bits per heavy atom. The van der Waals surface area contributed by atoms with E-state index in [4.69, 9.17) is 28.4 Å². The van der Waals surface area contributed by atoms with Gasteiger partial charge in [0.15, 0.2) is 36.2 Å². The normalized spacial score (nSPS) is 9.85. The van der Waals surface area contributed by atoms with Crippen LogP contribution in [-0.2, 0) is 4.74 Å². The number of rotatable bonds is 14. The molecular formula is C24H30N2O14. The van der Waals surface area contributed by atoms with Crippen LogP contribution in [0, 0.1) is 27.2 Å². The molecule has 0 radical (unpaired) electrons. The summed E-state index contributed by atoms with van der Waals surface area (Å²) in [4.78, 5) is 42.4. The fraction of sp³-hybridized carbons (Fsp3) is 0.417. The molecule has 0 spiro atoms. The number of carbonyl (C=O) groups excluding carboxylic acids is 1. The van der Waals surface area contributed by atoms with Crippen LogP contribution in [0.2, 0.25) is 0 Å². The number of carboxylic acids is 1. The number of carbonyl (C=O) groups is 2. The topological polar surface area (TPSA) is 205 Å². The van der Waals surface area contributed by atoms with E-state index in [1.165, 1.54) is 53.7 Å². The molecule has 0 aliphatic rings. The third kappa shape index (κ3) is 9.07. The first-order chi connectivity index (χ1) is 18.9. The van der Waals surface area contributed by atoms with Crippen molar-refractivity contribution in [1.82, 2.24) is 0 Å². The Bertz CT molecular complexity index is 1210. The third-order valence-electron chi connectivity index (χ3n) is 5.02. The maximum absolute atomic E-state index is 11.7. The zero-order valence-electron chi connectivity index (χ0n) is 22.7. The van der Waals surface area contributed by atoms with E-state index in [-0.39, 0.29) is 48.1 Å². The molecule has 2 aromatic rings. The molecule has 220 valence electrons. The Morgan fingerprint density at radius 3 is 1.68 bits per heavy atom. The van der Waals surface area contributed by atoms with Crippen molar-refractivity contribution in [1.29, 1.82) is 0 Å². The summed E-state index contributed by atoms with van der Waals surface area (Å²) in [7, 11) is 6.87. The zero-order chi connectivity index (χ0) is 30.4. The number of aromatic carboxylic acids is 1. The molecule has 0 aliphatic heterocycles. The van der Waals surface area contributed by atoms with Gasteiger partial charge >= 0.3 is 11.9 Å². The van der Waals surface area contributed by atoms with Crippen LogP contribution < -0.4 is 28.4 Å². The van der Waals surface area contributed by atoms with Gasteiger partial charge in [-0.3, -0.25) is 20.2 Å². The summed E-state index contributed by atoms with van der Waals surface area (Å²) in [6.45, 7) is 0.382. The van der Waals surface area contributed by atoms with Crippen LogP contribution >= 0.6 is 0 Å². The van der Waals surface area contributed by atoms with Crippen molar-refractivity contribution in [2.24, 2.45) is 0 Å². The molecule has 40 heavy (non-hydrogen) atoms. The van der Waals surface area contributed by atoms with Crippen LogP contribution in [0.5, 0.6) is 34.5 Å². The summed E-state index contributed by atoms with van der Waals surface area (Å²) in [6.07, 6.45) is 0. The van der Waals surface area contributed by atoms with Crippen LogP contribution in [0.15, 0.2) is 18.2 Å². The van der Waals surface area contributed by atoms with Gasteiger partial charge in [0, 0.05) is 33.6 Å². The maximum Gasteiger partial charge on any atom is 0.341 e. The van der Waals surface area contributed by atoms with Gasteiger partial charge in [-0.1, -0.05) is 0 Å². The first-order valence-corrected chi connectivity index (χ1v) is 11.3. The Labute approximate surface area is 228 Å². The molecule has 0 aromatic heterocycles. The predicted octanol–water partition coefficient (Wildman–Crippen LogP) is 2.51. The number of nitro groups is 2. The van der Waals surface area contributed by atoms with Crippen LogP contribution in [-0.4, -0.2) is 88.7 Å². The molecule has 2 aromatic carbocycles. The van der Waals surface area contributed by atoms with Crippen LogP contribution in [0.4, 0.5) is 0 Å². The minimum absolute atomic E-state index is 0.0389. The van der Waals surface area contributed by atoms with E-state index < -0.39 is 28.3 Å². The van der Waals surface area contributed by atoms with E-state index >= 15 is 0 Å². The Morgan fingerprint density at radius 2 is 1.23 bits per heavy atom. The monoisotopic (exact) mass is 570 g/mol. The second-order valence-corrected chi connectivity index (χ2v) is 7.42. The first-order valence-electron chi connectivity index (χ1n) is 11.3. The molecule has 0 amide bonds. The molecule has 0 unspecified atom stereocenters. The highest BCUT2D eigenvalue weighted by Crippen LogP contribution is 2.40. The largest absolute Gasteiger partial charge is 0.493 e. The van der Waals surface area contributed by atoms with Gasteiger partial charge in [-0.2, -0.15) is 0 Å². The maximum atomic E-state index is 11.7. The van der Waals surface area contributed by atoms with E-state index in [1.54, 1.807) is 6.92 Å². The molecule has 16 heteroatoms. The molecule has 16 nitrogen and oxygen atoms in total. The number of ether oxygens (including phenoxy) is 7. The van der Waals surface area contributed by atoms with Gasteiger partial charge in [0.2, 0.25) is 13.1 Å². The van der Waals surface area contributed by atoms with Gasteiger partial charge in [0.25, 0.3) is 0 Å². The SMILES string of the molecule is COC(=O)c1cc(OC)c(OC)cc1OCC[N+](=O)[O-].COc1cc(C(=O)O)c(OCC[N+](=O)[O-])c(C)c1OC. The summed E-state index contributed by atoms with van der Waals surface area (Å²) in [5, 5.41) is 29.7. The van der Waals surface area contributed by atoms with E-state index in [2.05, 4.69) is 4.74 Å². The standard InChI is InChI=1S/2C12H15NO7/c1-17-10-6-8(12(14)19-3)9(7-11(10)18-2)20-5-4-13(15)16;1-7-10(20-5-4-13(16)17)8(12(14)15)6-9(18-2)11(7)19-3/h6-7H,4-5H2,1-3H3;6H,4-5H2,1-3H3,(H,14,15). The molecule has 0 bridgehead atoms. The Balaban J connectivity index is 0.000000400. The number of hydrogen-bond acceptors (Lipinski definition) is 13. The van der Waals surface area contributed by atoms with E-state index in [1.807, 2.05) is 0 Å². The van der Waals surface area contributed by atoms with Crippen molar-refractivity contribution >= 4 is 11.9 Å². The Kier molecular flexibility index (Phi) is 13.2. The van der Waals surface area contributed by atoms with Crippen molar-refractivity contribution in [3.8, 4) is 34.5 Å². The lowest BCUT2D eigenvalue weighted by Gasteiger charge is -2.16. The third-order valence-corrected chi connectivity index (χ3v) is 5.02. The lowest BCUT2D eigenvalue weighted by molar-refractivity contribution is -0.481. The van der Waals surface area contributed by atoms with Crippen molar-refractivity contribution in [2.75, 3.05) is 61.9 Å². The number of benzene rings is 2. The highest BCUT2D eigenvalue weighted by molar-refractivity contribution is 5.94. The molecule has 2 rings (SSSR count). The summed E-state index contributed by atoms with van der Waals surface area (Å²) in [6, 6.07) is 4.08. The molecule has 0 atom stereocenters. The van der Waals surface area contributed by atoms with Crippen molar-refractivity contribution < 1.29 is 57.7 Å². The number of esters is 1. The minimum Gasteiger partial charge on any atom is -0.493 e. The summed E-state index contributed by atoms with van der Waals surface area (Å²) in [5.74, 6) is -0.427. The number of hydrogen-bond donors (Lipinski definition) is 1. The fourth-order valence-electron chi connectivity index (χ4n) is 3.20. The average molecular weight is 571 g/mol. The van der Waals surface area contributed by atoms with Crippen molar-refractivity contribution in [3.63, 3.8) is 0 Å². The lowest BCUT2D eigenvalue weighted by atomic mass is 10.1. The number of nitrogens with zero attached hydrogens (tertiary/aromatic N) is 2. The van der Waals surface area contributed by atoms with Crippen molar-refractivity contribution in [3.05, 3.63) is 55.1 Å². The van der Waals surface area contributed by atoms with Crippen LogP contribution in [0.1, 0.15) is 26.3 Å². The predicted molar refractivity (Wildman–Crippen MR) is 137 cm³/mol. The van der Waals surface area contributed by atoms with Gasteiger partial charge < -0.3 is 38.3 Å². The number of carboxylic acid groups (broad SMARTS) is 1. The fourth-order valence-corrected chi connectivity index (χ4v) is 3.20. The molecule has 0 fully saturated rings. The van der Waals surface area contributed by atoms with Gasteiger partial charge in [-0.05, 0) is 6.92 Å². The molecule has 0 saturated heterocycles. The number of methoxy groups -OCH3 is 5. The molecular weight excluding hydrogens is 540 g/mol. The minimum atomic E-state index is -1.22. The van der Waals surface area contributed by atoms with E-state index in [0.29, 0.717) is 22.8 Å². The molecule has 0 saturated carbocycles. The summed E-state index contributed by atoms with van der Waals surface area (Å²) >= 11 is 0. The quantitative estimate of drug-likeness (QED) is 0.197. The molecule has 1 N–H and O–H groups in total. The summed E-state index contributed by atoms with van der Waals surface area (Å²) in [5.41, 5.74) is 0.379. The first kappa shape index (κ1) is 33.0.